The summed E-state index contributed by atoms with van der Waals surface area (Å²) in [6.45, 7) is 4.12. The van der Waals surface area contributed by atoms with Crippen molar-refractivity contribution in [1.29, 1.82) is 0 Å². The lowest BCUT2D eigenvalue weighted by molar-refractivity contribution is -0.150. The van der Waals surface area contributed by atoms with Crippen molar-refractivity contribution in [3.63, 3.8) is 0 Å². The zero-order valence-corrected chi connectivity index (χ0v) is 20.4. The third-order valence-corrected chi connectivity index (χ3v) is 8.10. The Balaban J connectivity index is 1.33. The number of benzene rings is 2. The molecule has 4 rings (SSSR count). The Kier molecular flexibility index (Phi) is 7.15. The van der Waals surface area contributed by atoms with Gasteiger partial charge in [0.25, 0.3) is 0 Å². The van der Waals surface area contributed by atoms with Crippen LogP contribution in [-0.2, 0) is 14.3 Å². The molecule has 0 spiro atoms. The molecule has 0 saturated heterocycles. The van der Waals surface area contributed by atoms with Crippen molar-refractivity contribution in [2.45, 2.75) is 51.9 Å². The average Bonchev–Trinajstić information content (AvgIpc) is 3.16. The zero-order chi connectivity index (χ0) is 25.1. The maximum absolute atomic E-state index is 13.0. The van der Waals surface area contributed by atoms with E-state index < -0.39 is 22.9 Å². The molecule has 0 heterocycles. The molecular formula is C28H34N2O5. The summed E-state index contributed by atoms with van der Waals surface area (Å²) in [5, 5.41) is 15.3. The van der Waals surface area contributed by atoms with Gasteiger partial charge in [0.05, 0.1) is 10.8 Å². The van der Waals surface area contributed by atoms with Crippen LogP contribution >= 0.6 is 0 Å². The van der Waals surface area contributed by atoms with Crippen LogP contribution in [0.5, 0.6) is 0 Å². The number of hydrogen-bond acceptors (Lipinski definition) is 4. The van der Waals surface area contributed by atoms with Crippen molar-refractivity contribution >= 4 is 18.0 Å². The van der Waals surface area contributed by atoms with Gasteiger partial charge in [-0.05, 0) is 47.9 Å². The van der Waals surface area contributed by atoms with E-state index in [1.165, 1.54) is 11.1 Å². The molecule has 186 valence electrons. The highest BCUT2D eigenvalue weighted by Gasteiger charge is 2.46. The number of hydrogen-bond donors (Lipinski definition) is 3. The minimum absolute atomic E-state index is 0.0265. The first-order valence-electron chi connectivity index (χ1n) is 12.5. The standard InChI is InChI=1S/C28H34N2O5/c1-3-27(4-2,25(32)33)17-29-24(31)28(14-9-15-28)18-30-26(34)35-16-23-21-12-7-5-10-19(21)20-11-6-8-13-22(20)23/h5-8,10-13,23H,3-4,9,14-18H2,1-2H3,(H,29,31)(H,30,34)(H,32,33). The van der Waals surface area contributed by atoms with E-state index >= 15 is 0 Å². The van der Waals surface area contributed by atoms with Crippen LogP contribution < -0.4 is 10.6 Å². The predicted molar refractivity (Wildman–Crippen MR) is 133 cm³/mol. The molecule has 1 saturated carbocycles. The predicted octanol–water partition coefficient (Wildman–Crippen LogP) is 4.70. The number of amides is 2. The highest BCUT2D eigenvalue weighted by Crippen LogP contribution is 2.44. The molecule has 0 aromatic heterocycles. The van der Waals surface area contributed by atoms with Crippen LogP contribution in [0.4, 0.5) is 4.79 Å². The summed E-state index contributed by atoms with van der Waals surface area (Å²) >= 11 is 0. The van der Waals surface area contributed by atoms with Crippen LogP contribution in [-0.4, -0.2) is 42.8 Å². The molecule has 0 unspecified atom stereocenters. The lowest BCUT2D eigenvalue weighted by Crippen LogP contribution is -2.54. The van der Waals surface area contributed by atoms with Crippen molar-refractivity contribution in [1.82, 2.24) is 10.6 Å². The van der Waals surface area contributed by atoms with Crippen molar-refractivity contribution in [2.75, 3.05) is 19.7 Å². The van der Waals surface area contributed by atoms with E-state index in [0.29, 0.717) is 25.7 Å². The molecule has 2 amide bonds. The van der Waals surface area contributed by atoms with Crippen LogP contribution in [0.2, 0.25) is 0 Å². The lowest BCUT2D eigenvalue weighted by Gasteiger charge is -2.41. The number of carboxylic acids is 1. The third kappa shape index (κ3) is 4.64. The maximum atomic E-state index is 13.0. The number of carboxylic acid groups (broad SMARTS) is 1. The van der Waals surface area contributed by atoms with Crippen LogP contribution in [0.15, 0.2) is 48.5 Å². The van der Waals surface area contributed by atoms with E-state index in [-0.39, 0.29) is 31.5 Å². The number of nitrogens with one attached hydrogen (secondary N) is 2. The number of fused-ring (bicyclic) bond motifs is 3. The quantitative estimate of drug-likeness (QED) is 0.459. The summed E-state index contributed by atoms with van der Waals surface area (Å²) in [5.41, 5.74) is 2.94. The van der Waals surface area contributed by atoms with Crippen LogP contribution in [0.3, 0.4) is 0 Å². The maximum Gasteiger partial charge on any atom is 0.407 e. The molecule has 0 bridgehead atoms. The molecule has 2 aliphatic carbocycles. The summed E-state index contributed by atoms with van der Waals surface area (Å²) < 4.78 is 5.60. The molecule has 2 aliphatic rings. The Bertz CT molecular complexity index is 1060. The number of carbonyl (C=O) groups excluding carboxylic acids is 2. The van der Waals surface area contributed by atoms with Gasteiger partial charge < -0.3 is 20.5 Å². The van der Waals surface area contributed by atoms with Crippen molar-refractivity contribution in [3.05, 3.63) is 59.7 Å². The van der Waals surface area contributed by atoms with E-state index in [2.05, 4.69) is 34.9 Å². The first kappa shape index (κ1) is 24.8. The van der Waals surface area contributed by atoms with Gasteiger partial charge in [0.1, 0.15) is 6.61 Å². The van der Waals surface area contributed by atoms with Gasteiger partial charge in [-0.15, -0.1) is 0 Å². The topological polar surface area (TPSA) is 105 Å². The molecule has 0 aliphatic heterocycles. The Hall–Kier alpha value is -3.35. The Morgan fingerprint density at radius 1 is 0.971 bits per heavy atom. The van der Waals surface area contributed by atoms with Gasteiger partial charge in [0.2, 0.25) is 5.91 Å². The average molecular weight is 479 g/mol. The Labute approximate surface area is 206 Å². The van der Waals surface area contributed by atoms with Crippen molar-refractivity contribution in [2.24, 2.45) is 10.8 Å². The molecule has 1 fully saturated rings. The second-order valence-corrected chi connectivity index (χ2v) is 9.79. The first-order valence-corrected chi connectivity index (χ1v) is 12.5. The molecule has 7 nitrogen and oxygen atoms in total. The van der Waals surface area contributed by atoms with Crippen molar-refractivity contribution < 1.29 is 24.2 Å². The van der Waals surface area contributed by atoms with Gasteiger partial charge in [-0.3, -0.25) is 9.59 Å². The Morgan fingerprint density at radius 2 is 1.54 bits per heavy atom. The zero-order valence-electron chi connectivity index (χ0n) is 20.4. The van der Waals surface area contributed by atoms with E-state index in [4.69, 9.17) is 4.74 Å². The fourth-order valence-electron chi connectivity index (χ4n) is 5.29. The van der Waals surface area contributed by atoms with Gasteiger partial charge in [-0.25, -0.2) is 4.79 Å². The van der Waals surface area contributed by atoms with Crippen LogP contribution in [0.1, 0.15) is 63.0 Å². The van der Waals surface area contributed by atoms with E-state index in [1.54, 1.807) is 0 Å². The third-order valence-electron chi connectivity index (χ3n) is 8.10. The molecule has 0 radical (unpaired) electrons. The van der Waals surface area contributed by atoms with E-state index in [9.17, 15) is 19.5 Å². The highest BCUT2D eigenvalue weighted by molar-refractivity contribution is 5.85. The van der Waals surface area contributed by atoms with Crippen LogP contribution in [0, 0.1) is 10.8 Å². The van der Waals surface area contributed by atoms with Gasteiger partial charge in [-0.1, -0.05) is 68.8 Å². The summed E-state index contributed by atoms with van der Waals surface area (Å²) in [7, 11) is 0. The molecular weight excluding hydrogens is 444 g/mol. The van der Waals surface area contributed by atoms with Crippen LogP contribution in [0.25, 0.3) is 11.1 Å². The molecule has 2 aromatic rings. The van der Waals surface area contributed by atoms with E-state index in [0.717, 1.165) is 17.5 Å². The summed E-state index contributed by atoms with van der Waals surface area (Å²) in [6, 6.07) is 16.3. The number of ether oxygens (including phenoxy) is 1. The normalized spacial score (nSPS) is 15.9. The molecule has 35 heavy (non-hydrogen) atoms. The van der Waals surface area contributed by atoms with E-state index in [1.807, 2.05) is 38.1 Å². The second kappa shape index (κ2) is 10.1. The summed E-state index contributed by atoms with van der Waals surface area (Å²) in [6.07, 6.45) is 2.52. The fraction of sp³-hybridized carbons (Fsp3) is 0.464. The summed E-state index contributed by atoms with van der Waals surface area (Å²) in [5.74, 6) is -1.13. The smallest absolute Gasteiger partial charge is 0.407 e. The largest absolute Gasteiger partial charge is 0.481 e. The summed E-state index contributed by atoms with van der Waals surface area (Å²) in [4.78, 5) is 37.4. The van der Waals surface area contributed by atoms with Gasteiger partial charge in [-0.2, -0.15) is 0 Å². The number of rotatable bonds is 10. The fourth-order valence-corrected chi connectivity index (χ4v) is 5.29. The molecule has 3 N–H and O–H groups in total. The Morgan fingerprint density at radius 3 is 2.03 bits per heavy atom. The monoisotopic (exact) mass is 478 g/mol. The lowest BCUT2D eigenvalue weighted by atomic mass is 9.67. The van der Waals surface area contributed by atoms with Crippen molar-refractivity contribution in [3.8, 4) is 11.1 Å². The molecule has 0 atom stereocenters. The van der Waals surface area contributed by atoms with Gasteiger partial charge in [0, 0.05) is 19.0 Å². The number of carbonyl (C=O) groups is 3. The SMILES string of the molecule is CCC(CC)(CNC(=O)C1(CNC(=O)OCC2c3ccccc3-c3ccccc32)CCC1)C(=O)O. The first-order chi connectivity index (χ1) is 16.9. The highest BCUT2D eigenvalue weighted by atomic mass is 16.5. The molecule has 7 heteroatoms. The molecule has 2 aromatic carbocycles. The van der Waals surface area contributed by atoms with Gasteiger partial charge in [0.15, 0.2) is 0 Å². The minimum atomic E-state index is -0.971. The number of aliphatic carboxylic acids is 1. The minimum Gasteiger partial charge on any atom is -0.481 e. The van der Waals surface area contributed by atoms with Gasteiger partial charge >= 0.3 is 12.1 Å². The number of alkyl carbamates (subject to hydrolysis) is 1. The second-order valence-electron chi connectivity index (χ2n) is 9.79.